The van der Waals surface area contributed by atoms with Gasteiger partial charge in [-0.15, -0.1) is 0 Å². The highest BCUT2D eigenvalue weighted by molar-refractivity contribution is 5.76. The molecule has 3 saturated heterocycles. The minimum Gasteiger partial charge on any atom is -0.481 e. The number of methoxy groups -OCH3 is 1. The third kappa shape index (κ3) is 3.69. The Balaban J connectivity index is 1.37. The minimum atomic E-state index is -0.00198. The Morgan fingerprint density at radius 2 is 2.33 bits per heavy atom. The van der Waals surface area contributed by atoms with Crippen molar-refractivity contribution in [2.75, 3.05) is 26.7 Å². The largest absolute Gasteiger partial charge is 0.481 e. The van der Waals surface area contributed by atoms with E-state index in [-0.39, 0.29) is 11.5 Å². The van der Waals surface area contributed by atoms with Gasteiger partial charge >= 0.3 is 0 Å². The summed E-state index contributed by atoms with van der Waals surface area (Å²) in [4.78, 5) is 18.9. The van der Waals surface area contributed by atoms with E-state index in [1.165, 1.54) is 5.56 Å². The molecule has 0 unspecified atom stereocenters. The number of pyridine rings is 1. The Kier molecular flexibility index (Phi) is 5.12. The van der Waals surface area contributed by atoms with Crippen LogP contribution in [-0.4, -0.2) is 54.2 Å². The second kappa shape index (κ2) is 7.40. The van der Waals surface area contributed by atoms with Crippen molar-refractivity contribution in [3.05, 3.63) is 23.9 Å². The number of carbonyl (C=O) groups excluding carboxylic acids is 1. The molecule has 1 amide bonds. The van der Waals surface area contributed by atoms with Crippen LogP contribution in [0.25, 0.3) is 0 Å². The summed E-state index contributed by atoms with van der Waals surface area (Å²) in [5, 5.41) is 3.17. The van der Waals surface area contributed by atoms with Gasteiger partial charge in [-0.3, -0.25) is 9.69 Å². The smallest absolute Gasteiger partial charge is 0.220 e. The molecule has 3 fully saturated rings. The van der Waals surface area contributed by atoms with Gasteiger partial charge in [0.05, 0.1) is 18.8 Å². The molecular formula is C21H31N3O3. The van der Waals surface area contributed by atoms with Gasteiger partial charge in [-0.1, -0.05) is 19.9 Å². The predicted octanol–water partition coefficient (Wildman–Crippen LogP) is 2.23. The lowest BCUT2D eigenvalue weighted by Gasteiger charge is -2.29. The normalized spacial score (nSPS) is 32.1. The number of ether oxygens (including phenoxy) is 2. The first kappa shape index (κ1) is 18.7. The van der Waals surface area contributed by atoms with Gasteiger partial charge in [0.25, 0.3) is 0 Å². The van der Waals surface area contributed by atoms with Crippen LogP contribution in [0.3, 0.4) is 0 Å². The Hall–Kier alpha value is -1.66. The Bertz CT molecular complexity index is 678. The molecule has 0 saturated carbocycles. The molecule has 0 aliphatic carbocycles. The summed E-state index contributed by atoms with van der Waals surface area (Å²) in [6.07, 6.45) is 5.09. The third-order valence-electron chi connectivity index (χ3n) is 6.40. The number of nitrogens with zero attached hydrogens (tertiary/aromatic N) is 2. The van der Waals surface area contributed by atoms with E-state index in [9.17, 15) is 4.79 Å². The standard InChI is InChI=1S/C21H31N3O3/c1-14(2)8-19(25)22-10-16-17-12-24(13-21(17)7-6-18(16)27-21)11-15-4-5-20(26-3)23-9-15/h4-5,9,14,16-18H,6-8,10-13H2,1-3H3,(H,22,25)/t16-,17+,18+,21+/m0/s1. The molecule has 6 heteroatoms. The number of hydrogen-bond acceptors (Lipinski definition) is 5. The van der Waals surface area contributed by atoms with E-state index in [4.69, 9.17) is 9.47 Å². The zero-order valence-electron chi connectivity index (χ0n) is 16.6. The molecule has 148 valence electrons. The number of nitrogens with one attached hydrogen (secondary N) is 1. The molecule has 1 N–H and O–H groups in total. The van der Waals surface area contributed by atoms with Gasteiger partial charge in [0.15, 0.2) is 0 Å². The van der Waals surface area contributed by atoms with Crippen LogP contribution in [0, 0.1) is 17.8 Å². The number of aromatic nitrogens is 1. The molecule has 0 aromatic carbocycles. The molecule has 4 atom stereocenters. The first-order chi connectivity index (χ1) is 13.0. The molecule has 1 aromatic rings. The molecular weight excluding hydrogens is 342 g/mol. The number of hydrogen-bond donors (Lipinski definition) is 1. The van der Waals surface area contributed by atoms with Crippen molar-refractivity contribution in [2.45, 2.75) is 51.4 Å². The summed E-state index contributed by atoms with van der Waals surface area (Å²) in [5.74, 6) is 2.17. The van der Waals surface area contributed by atoms with E-state index in [2.05, 4.69) is 35.1 Å². The molecule has 6 nitrogen and oxygen atoms in total. The number of amides is 1. The van der Waals surface area contributed by atoms with Crippen molar-refractivity contribution in [3.63, 3.8) is 0 Å². The lowest BCUT2D eigenvalue weighted by molar-refractivity contribution is -0.122. The number of fused-ring (bicyclic) bond motifs is 1. The first-order valence-electron chi connectivity index (χ1n) is 10.1. The van der Waals surface area contributed by atoms with Crippen LogP contribution < -0.4 is 10.1 Å². The summed E-state index contributed by atoms with van der Waals surface area (Å²) in [6.45, 7) is 7.82. The van der Waals surface area contributed by atoms with Crippen LogP contribution in [0.5, 0.6) is 5.88 Å². The minimum absolute atomic E-state index is 0.00198. The maximum atomic E-state index is 12.1. The average molecular weight is 373 g/mol. The lowest BCUT2D eigenvalue weighted by atomic mass is 9.73. The molecule has 0 radical (unpaired) electrons. The Labute approximate surface area is 161 Å². The highest BCUT2D eigenvalue weighted by Crippen LogP contribution is 2.54. The van der Waals surface area contributed by atoms with Gasteiger partial charge in [-0.2, -0.15) is 0 Å². The number of rotatable bonds is 7. The van der Waals surface area contributed by atoms with Gasteiger partial charge < -0.3 is 14.8 Å². The fourth-order valence-electron chi connectivity index (χ4n) is 5.24. The first-order valence-corrected chi connectivity index (χ1v) is 10.1. The van der Waals surface area contributed by atoms with Gasteiger partial charge in [0, 0.05) is 56.7 Å². The van der Waals surface area contributed by atoms with E-state index < -0.39 is 0 Å². The fourth-order valence-corrected chi connectivity index (χ4v) is 5.24. The topological polar surface area (TPSA) is 63.7 Å². The quantitative estimate of drug-likeness (QED) is 0.794. The summed E-state index contributed by atoms with van der Waals surface area (Å²) in [7, 11) is 1.64. The predicted molar refractivity (Wildman–Crippen MR) is 102 cm³/mol. The van der Waals surface area contributed by atoms with Crippen LogP contribution in [0.15, 0.2) is 18.3 Å². The van der Waals surface area contributed by atoms with E-state index in [1.54, 1.807) is 7.11 Å². The van der Waals surface area contributed by atoms with Crippen molar-refractivity contribution in [3.8, 4) is 5.88 Å². The highest BCUT2D eigenvalue weighted by Gasteiger charge is 2.62. The van der Waals surface area contributed by atoms with E-state index in [0.717, 1.165) is 39.0 Å². The Morgan fingerprint density at radius 3 is 3.04 bits per heavy atom. The molecule has 3 aliphatic rings. The number of likely N-dealkylation sites (tertiary alicyclic amines) is 1. The van der Waals surface area contributed by atoms with Crippen LogP contribution >= 0.6 is 0 Å². The SMILES string of the molecule is COc1ccc(CN2C[C@@H]3[C@H](CNC(=O)CC(C)C)[C@H]4CC[C@]3(C2)O4)cn1. The molecule has 2 bridgehead atoms. The number of carbonyl (C=O) groups is 1. The van der Waals surface area contributed by atoms with Crippen molar-refractivity contribution in [1.82, 2.24) is 15.2 Å². The fraction of sp³-hybridized carbons (Fsp3) is 0.714. The van der Waals surface area contributed by atoms with E-state index in [0.29, 0.717) is 36.2 Å². The van der Waals surface area contributed by atoms with Crippen LogP contribution in [0.4, 0.5) is 0 Å². The van der Waals surface area contributed by atoms with Gasteiger partial charge in [-0.25, -0.2) is 4.98 Å². The second-order valence-electron chi connectivity index (χ2n) is 8.81. The molecule has 4 heterocycles. The molecule has 27 heavy (non-hydrogen) atoms. The van der Waals surface area contributed by atoms with Crippen molar-refractivity contribution in [1.29, 1.82) is 0 Å². The maximum absolute atomic E-state index is 12.1. The lowest BCUT2D eigenvalue weighted by Crippen LogP contribution is -2.42. The molecule has 3 aliphatic heterocycles. The molecule has 4 rings (SSSR count). The van der Waals surface area contributed by atoms with Crippen LogP contribution in [0.2, 0.25) is 0 Å². The summed E-state index contributed by atoms with van der Waals surface area (Å²) in [6, 6.07) is 4.00. The second-order valence-corrected chi connectivity index (χ2v) is 8.81. The van der Waals surface area contributed by atoms with Crippen molar-refractivity contribution in [2.24, 2.45) is 17.8 Å². The summed E-state index contributed by atoms with van der Waals surface area (Å²) >= 11 is 0. The third-order valence-corrected chi connectivity index (χ3v) is 6.40. The van der Waals surface area contributed by atoms with Crippen LogP contribution in [-0.2, 0) is 16.1 Å². The van der Waals surface area contributed by atoms with Crippen molar-refractivity contribution >= 4 is 5.91 Å². The van der Waals surface area contributed by atoms with E-state index in [1.807, 2.05) is 12.3 Å². The molecule has 1 aromatic heterocycles. The monoisotopic (exact) mass is 373 g/mol. The van der Waals surface area contributed by atoms with Gasteiger partial charge in [0.2, 0.25) is 11.8 Å². The van der Waals surface area contributed by atoms with E-state index >= 15 is 0 Å². The summed E-state index contributed by atoms with van der Waals surface area (Å²) in [5.41, 5.74) is 1.20. The zero-order valence-corrected chi connectivity index (χ0v) is 16.6. The summed E-state index contributed by atoms with van der Waals surface area (Å²) < 4.78 is 11.6. The molecule has 1 spiro atoms. The van der Waals surface area contributed by atoms with Crippen molar-refractivity contribution < 1.29 is 14.3 Å². The van der Waals surface area contributed by atoms with Gasteiger partial charge in [-0.05, 0) is 24.3 Å². The Morgan fingerprint density at radius 1 is 1.48 bits per heavy atom. The highest BCUT2D eigenvalue weighted by atomic mass is 16.5. The average Bonchev–Trinajstić information content (AvgIpc) is 3.28. The maximum Gasteiger partial charge on any atom is 0.220 e. The van der Waals surface area contributed by atoms with Gasteiger partial charge in [0.1, 0.15) is 0 Å². The van der Waals surface area contributed by atoms with Crippen LogP contribution in [0.1, 0.15) is 38.7 Å². The zero-order chi connectivity index (χ0) is 19.0.